The van der Waals surface area contributed by atoms with E-state index in [9.17, 15) is 24.3 Å². The molecule has 1 aliphatic rings. The summed E-state index contributed by atoms with van der Waals surface area (Å²) in [5.41, 5.74) is 3.37. The molecule has 3 aromatic rings. The molecule has 6 atom stereocenters. The third kappa shape index (κ3) is 8.77. The Balaban J connectivity index is 1.72. The van der Waals surface area contributed by atoms with E-state index in [4.69, 9.17) is 4.74 Å². The van der Waals surface area contributed by atoms with Crippen LogP contribution < -0.4 is 10.6 Å². The van der Waals surface area contributed by atoms with Gasteiger partial charge in [0.15, 0.2) is 0 Å². The van der Waals surface area contributed by atoms with Crippen molar-refractivity contribution in [3.8, 4) is 5.75 Å². The van der Waals surface area contributed by atoms with Gasteiger partial charge < -0.3 is 30.4 Å². The number of aromatic amines is 1. The Kier molecular flexibility index (Phi) is 11.3. The van der Waals surface area contributed by atoms with Crippen molar-refractivity contribution >= 4 is 34.6 Å². The van der Waals surface area contributed by atoms with E-state index in [1.807, 2.05) is 58.2 Å². The van der Waals surface area contributed by atoms with Gasteiger partial charge in [-0.25, -0.2) is 0 Å². The molecule has 0 radical (unpaired) electrons. The van der Waals surface area contributed by atoms with Crippen molar-refractivity contribution in [3.63, 3.8) is 0 Å². The minimum atomic E-state index is -0.980. The number of aromatic hydroxyl groups is 1. The number of fused-ring (bicyclic) bond motifs is 1. The zero-order valence-electron chi connectivity index (χ0n) is 27.5. The van der Waals surface area contributed by atoms with Gasteiger partial charge in [0, 0.05) is 36.5 Å². The molecule has 3 amide bonds. The molecule has 0 unspecified atom stereocenters. The lowest BCUT2D eigenvalue weighted by molar-refractivity contribution is -0.149. The van der Waals surface area contributed by atoms with Crippen LogP contribution in [0.5, 0.6) is 5.75 Å². The van der Waals surface area contributed by atoms with Crippen LogP contribution in [0.25, 0.3) is 10.9 Å². The summed E-state index contributed by atoms with van der Waals surface area (Å²) in [5, 5.41) is 16.7. The van der Waals surface area contributed by atoms with Crippen LogP contribution in [-0.2, 0) is 30.3 Å². The maximum Gasteiger partial charge on any atom is 0.308 e. The number of nitrogens with one attached hydrogen (secondary N) is 3. The lowest BCUT2D eigenvalue weighted by Gasteiger charge is -2.31. The molecule has 10 nitrogen and oxygen atoms in total. The van der Waals surface area contributed by atoms with Crippen molar-refractivity contribution in [3.05, 3.63) is 77.5 Å². The Hall–Kier alpha value is -4.60. The third-order valence-electron chi connectivity index (χ3n) is 8.60. The zero-order valence-corrected chi connectivity index (χ0v) is 27.5. The van der Waals surface area contributed by atoms with E-state index in [1.54, 1.807) is 26.1 Å². The number of phenolic OH excluding ortho intramolecular Hbond substituents is 1. The molecule has 1 aromatic heterocycles. The second-order valence-electron chi connectivity index (χ2n) is 12.7. The van der Waals surface area contributed by atoms with E-state index in [0.717, 1.165) is 22.0 Å². The standard InChI is InChI=1S/C36H46N4O6/c1-21-15-22(2)17-24(4)46-33(42)19-31(26-11-13-28(41)14-12-26)39-35(44)32(18-27-20-37-30-10-8-7-9-29(27)30)40(6)36(45)25(5)38-34(43)23(3)16-21/h7-15,20,22-25,31-32,37,41H,16-19H2,1-6H3,(H,38,43)(H,39,44)/b21-15+/t22-,23-,24-,25-,31+,32+/m0/s1. The van der Waals surface area contributed by atoms with E-state index in [2.05, 4.69) is 21.7 Å². The van der Waals surface area contributed by atoms with Crippen LogP contribution in [0.4, 0.5) is 0 Å². The van der Waals surface area contributed by atoms with Crippen LogP contribution in [-0.4, -0.2) is 63.9 Å². The molecule has 4 rings (SSSR count). The van der Waals surface area contributed by atoms with E-state index in [-0.39, 0.29) is 42.4 Å². The van der Waals surface area contributed by atoms with Crippen LogP contribution in [0.15, 0.2) is 66.4 Å². The predicted octanol–water partition coefficient (Wildman–Crippen LogP) is 4.94. The molecule has 1 aliphatic heterocycles. The Bertz CT molecular complexity index is 1580. The van der Waals surface area contributed by atoms with Crippen LogP contribution in [0.1, 0.15) is 71.0 Å². The van der Waals surface area contributed by atoms with Crippen LogP contribution in [0.2, 0.25) is 0 Å². The number of nitrogens with zero attached hydrogens (tertiary/aromatic N) is 1. The summed E-state index contributed by atoms with van der Waals surface area (Å²) in [5.74, 6) is -1.86. The number of likely N-dealkylation sites (N-methyl/N-ethyl adjacent to an activating group) is 1. The molecule has 0 saturated heterocycles. The highest BCUT2D eigenvalue weighted by atomic mass is 16.5. The van der Waals surface area contributed by atoms with Crippen LogP contribution >= 0.6 is 0 Å². The van der Waals surface area contributed by atoms with Gasteiger partial charge in [-0.1, -0.05) is 55.8 Å². The van der Waals surface area contributed by atoms with Gasteiger partial charge >= 0.3 is 5.97 Å². The number of allylic oxidation sites excluding steroid dienone is 2. The van der Waals surface area contributed by atoms with Gasteiger partial charge in [0.1, 0.15) is 17.8 Å². The fourth-order valence-electron chi connectivity index (χ4n) is 6.23. The minimum absolute atomic E-state index is 0.0487. The van der Waals surface area contributed by atoms with E-state index >= 15 is 0 Å². The number of hydrogen-bond donors (Lipinski definition) is 4. The SMILES string of the molecule is C/C1=C\[C@H](C)C[C@H](C)OC(=O)C[C@H](c2ccc(O)cc2)NC(=O)[C@@H](Cc2c[nH]c3ccccc23)N(C)C(=O)[C@H](C)NC(=O)[C@@H](C)C1. The summed E-state index contributed by atoms with van der Waals surface area (Å²) in [4.78, 5) is 58.9. The maximum absolute atomic E-state index is 14.2. The summed E-state index contributed by atoms with van der Waals surface area (Å²) < 4.78 is 5.78. The number of hydrogen-bond acceptors (Lipinski definition) is 6. The molecular weight excluding hydrogens is 584 g/mol. The number of esters is 1. The van der Waals surface area contributed by atoms with Crippen molar-refractivity contribution < 1.29 is 29.0 Å². The topological polar surface area (TPSA) is 141 Å². The maximum atomic E-state index is 14.2. The Morgan fingerprint density at radius 1 is 0.913 bits per heavy atom. The van der Waals surface area contributed by atoms with Gasteiger partial charge in [0.25, 0.3) is 0 Å². The second kappa shape index (κ2) is 15.1. The molecule has 0 aliphatic carbocycles. The first-order valence-electron chi connectivity index (χ1n) is 15.9. The normalized spacial score (nSPS) is 27.4. The summed E-state index contributed by atoms with van der Waals surface area (Å²) >= 11 is 0. The largest absolute Gasteiger partial charge is 0.508 e. The van der Waals surface area contributed by atoms with Crippen molar-refractivity contribution in [1.29, 1.82) is 0 Å². The van der Waals surface area contributed by atoms with Gasteiger partial charge in [0.2, 0.25) is 17.7 Å². The molecule has 0 saturated carbocycles. The number of ether oxygens (including phenoxy) is 1. The highest BCUT2D eigenvalue weighted by Crippen LogP contribution is 2.25. The average molecular weight is 631 g/mol. The molecule has 0 fully saturated rings. The Morgan fingerprint density at radius 2 is 1.61 bits per heavy atom. The number of aromatic nitrogens is 1. The van der Waals surface area contributed by atoms with E-state index < -0.39 is 35.9 Å². The van der Waals surface area contributed by atoms with Gasteiger partial charge in [-0.2, -0.15) is 0 Å². The lowest BCUT2D eigenvalue weighted by Crippen LogP contribution is -2.55. The number of carbonyl (C=O) groups excluding carboxylic acids is 4. The predicted molar refractivity (Wildman–Crippen MR) is 177 cm³/mol. The number of para-hydroxylation sites is 1. The molecular formula is C36H46N4O6. The number of H-pyrrole nitrogens is 1. The van der Waals surface area contributed by atoms with Crippen molar-refractivity contribution in [2.75, 3.05) is 7.05 Å². The average Bonchev–Trinajstić information content (AvgIpc) is 3.41. The van der Waals surface area contributed by atoms with Crippen molar-refractivity contribution in [1.82, 2.24) is 20.5 Å². The van der Waals surface area contributed by atoms with Gasteiger partial charge in [0.05, 0.1) is 18.6 Å². The van der Waals surface area contributed by atoms with Crippen LogP contribution in [0.3, 0.4) is 0 Å². The smallest absolute Gasteiger partial charge is 0.308 e. The van der Waals surface area contributed by atoms with E-state index in [0.29, 0.717) is 18.4 Å². The second-order valence-corrected chi connectivity index (χ2v) is 12.7. The quantitative estimate of drug-likeness (QED) is 0.239. The monoisotopic (exact) mass is 630 g/mol. The summed E-state index contributed by atoms with van der Waals surface area (Å²) in [7, 11) is 1.55. The Labute approximate surface area is 270 Å². The molecule has 246 valence electrons. The first-order valence-corrected chi connectivity index (χ1v) is 15.9. The highest BCUT2D eigenvalue weighted by molar-refractivity contribution is 5.93. The number of carbonyl (C=O) groups is 4. The van der Waals surface area contributed by atoms with E-state index in [1.165, 1.54) is 17.0 Å². The minimum Gasteiger partial charge on any atom is -0.508 e. The molecule has 4 N–H and O–H groups in total. The zero-order chi connectivity index (χ0) is 33.5. The highest BCUT2D eigenvalue weighted by Gasteiger charge is 2.33. The van der Waals surface area contributed by atoms with Crippen molar-refractivity contribution in [2.45, 2.75) is 84.5 Å². The third-order valence-corrected chi connectivity index (χ3v) is 8.60. The molecule has 0 bridgehead atoms. The summed E-state index contributed by atoms with van der Waals surface area (Å²) in [6.45, 7) is 9.28. The number of amides is 3. The van der Waals surface area contributed by atoms with Gasteiger partial charge in [-0.15, -0.1) is 0 Å². The molecule has 2 aromatic carbocycles. The lowest BCUT2D eigenvalue weighted by atomic mass is 9.95. The number of cyclic esters (lactones) is 1. The first kappa shape index (κ1) is 34.3. The van der Waals surface area contributed by atoms with Gasteiger partial charge in [-0.05, 0) is 68.9 Å². The van der Waals surface area contributed by atoms with Crippen molar-refractivity contribution in [2.24, 2.45) is 11.8 Å². The first-order chi connectivity index (χ1) is 21.8. The number of phenols is 1. The number of rotatable bonds is 3. The summed E-state index contributed by atoms with van der Waals surface area (Å²) in [6, 6.07) is 11.3. The number of benzene rings is 2. The Morgan fingerprint density at radius 3 is 2.33 bits per heavy atom. The molecule has 46 heavy (non-hydrogen) atoms. The van der Waals surface area contributed by atoms with Crippen LogP contribution in [0, 0.1) is 11.8 Å². The molecule has 10 heteroatoms. The van der Waals surface area contributed by atoms with Gasteiger partial charge in [-0.3, -0.25) is 19.2 Å². The molecule has 2 heterocycles. The molecule has 0 spiro atoms. The fourth-order valence-corrected chi connectivity index (χ4v) is 6.23. The fraction of sp³-hybridized carbons (Fsp3) is 0.444. The summed E-state index contributed by atoms with van der Waals surface area (Å²) in [6.07, 6.45) is 4.66.